The summed E-state index contributed by atoms with van der Waals surface area (Å²) < 4.78 is 2.15. The Balaban J connectivity index is 1.46. The predicted molar refractivity (Wildman–Crippen MR) is 107 cm³/mol. The summed E-state index contributed by atoms with van der Waals surface area (Å²) in [7, 11) is 2.06. The minimum Gasteiger partial charge on any atom is -0.331 e. The molecular formula is C21H19N3OS. The van der Waals surface area contributed by atoms with E-state index in [0.29, 0.717) is 0 Å². The van der Waals surface area contributed by atoms with Crippen molar-refractivity contribution >= 4 is 34.0 Å². The van der Waals surface area contributed by atoms with Gasteiger partial charge >= 0.3 is 0 Å². The van der Waals surface area contributed by atoms with Gasteiger partial charge in [-0.15, -0.1) is 11.3 Å². The van der Waals surface area contributed by atoms with Crippen molar-refractivity contribution in [3.63, 3.8) is 0 Å². The van der Waals surface area contributed by atoms with Crippen LogP contribution in [0.4, 0.5) is 5.69 Å². The Morgan fingerprint density at radius 2 is 1.96 bits per heavy atom. The highest BCUT2D eigenvalue weighted by molar-refractivity contribution is 7.12. The number of benzene rings is 2. The van der Waals surface area contributed by atoms with Gasteiger partial charge in [0.25, 0.3) is 5.91 Å². The zero-order valence-electron chi connectivity index (χ0n) is 14.5. The van der Waals surface area contributed by atoms with Crippen LogP contribution in [0.5, 0.6) is 0 Å². The minimum absolute atomic E-state index is 0.0625. The minimum atomic E-state index is -0.0625. The summed E-state index contributed by atoms with van der Waals surface area (Å²) in [6, 6.07) is 19.9. The maximum absolute atomic E-state index is 12.2. The van der Waals surface area contributed by atoms with Gasteiger partial charge in [0.2, 0.25) is 0 Å². The topological polar surface area (TPSA) is 46.9 Å². The van der Waals surface area contributed by atoms with Crippen molar-refractivity contribution < 1.29 is 4.79 Å². The molecule has 4 aromatic rings. The van der Waals surface area contributed by atoms with Gasteiger partial charge in [-0.2, -0.15) is 0 Å². The van der Waals surface area contributed by atoms with E-state index in [4.69, 9.17) is 4.98 Å². The zero-order valence-corrected chi connectivity index (χ0v) is 15.3. The van der Waals surface area contributed by atoms with Crippen molar-refractivity contribution in [3.8, 4) is 0 Å². The molecule has 0 unspecified atom stereocenters. The van der Waals surface area contributed by atoms with Crippen LogP contribution >= 0.6 is 11.3 Å². The third kappa shape index (κ3) is 3.39. The van der Waals surface area contributed by atoms with Crippen molar-refractivity contribution in [3.05, 3.63) is 82.3 Å². The molecule has 0 aliphatic heterocycles. The Morgan fingerprint density at radius 3 is 2.77 bits per heavy atom. The van der Waals surface area contributed by atoms with Crippen LogP contribution in [0.1, 0.15) is 21.1 Å². The number of nitrogens with zero attached hydrogens (tertiary/aromatic N) is 2. The number of amides is 1. The quantitative estimate of drug-likeness (QED) is 0.561. The lowest BCUT2D eigenvalue weighted by Crippen LogP contribution is -2.10. The molecule has 1 amide bonds. The summed E-state index contributed by atoms with van der Waals surface area (Å²) in [5, 5.41) is 4.87. The first-order chi connectivity index (χ1) is 12.7. The molecule has 2 aromatic carbocycles. The lowest BCUT2D eigenvalue weighted by atomic mass is 10.1. The molecule has 0 spiro atoms. The Morgan fingerprint density at radius 1 is 1.08 bits per heavy atom. The number of rotatable bonds is 5. The number of carbonyl (C=O) groups is 1. The molecule has 1 N–H and O–H groups in total. The van der Waals surface area contributed by atoms with Gasteiger partial charge in [-0.1, -0.05) is 30.3 Å². The fourth-order valence-electron chi connectivity index (χ4n) is 3.08. The molecule has 0 aliphatic rings. The van der Waals surface area contributed by atoms with Crippen LogP contribution in [-0.4, -0.2) is 15.5 Å². The molecular weight excluding hydrogens is 342 g/mol. The van der Waals surface area contributed by atoms with Crippen LogP contribution < -0.4 is 5.32 Å². The number of anilines is 1. The van der Waals surface area contributed by atoms with Crippen molar-refractivity contribution in [2.45, 2.75) is 12.8 Å². The summed E-state index contributed by atoms with van der Waals surface area (Å²) in [6.07, 6.45) is 1.73. The standard InChI is InChI=1S/C21H19N3OS/c1-24-18-9-3-2-8-17(18)23-20(24)12-11-15-6-4-7-16(14-15)22-21(25)19-10-5-13-26-19/h2-10,13-14H,11-12H2,1H3,(H,22,25). The average molecular weight is 361 g/mol. The summed E-state index contributed by atoms with van der Waals surface area (Å²) in [4.78, 5) is 17.6. The van der Waals surface area contributed by atoms with Gasteiger partial charge in [-0.05, 0) is 47.7 Å². The van der Waals surface area contributed by atoms with E-state index in [-0.39, 0.29) is 5.91 Å². The number of aryl methyl sites for hydroxylation is 3. The first-order valence-electron chi connectivity index (χ1n) is 8.55. The molecule has 0 saturated carbocycles. The van der Waals surface area contributed by atoms with Gasteiger partial charge in [0.15, 0.2) is 0 Å². The van der Waals surface area contributed by atoms with Crippen molar-refractivity contribution in [2.24, 2.45) is 7.05 Å². The van der Waals surface area contributed by atoms with Crippen LogP contribution in [0.2, 0.25) is 0 Å². The van der Waals surface area contributed by atoms with Crippen molar-refractivity contribution in [2.75, 3.05) is 5.32 Å². The zero-order chi connectivity index (χ0) is 17.9. The highest BCUT2D eigenvalue weighted by Gasteiger charge is 2.09. The number of aromatic nitrogens is 2. The van der Waals surface area contributed by atoms with Gasteiger partial charge in [0.05, 0.1) is 15.9 Å². The molecule has 2 aromatic heterocycles. The predicted octanol–water partition coefficient (Wildman–Crippen LogP) is 4.67. The largest absolute Gasteiger partial charge is 0.331 e. The highest BCUT2D eigenvalue weighted by atomic mass is 32.1. The van der Waals surface area contributed by atoms with E-state index in [1.807, 2.05) is 53.9 Å². The van der Waals surface area contributed by atoms with Crippen LogP contribution in [0, 0.1) is 0 Å². The van der Waals surface area contributed by atoms with Crippen LogP contribution in [0.25, 0.3) is 11.0 Å². The second-order valence-electron chi connectivity index (χ2n) is 6.21. The maximum atomic E-state index is 12.2. The van der Waals surface area contributed by atoms with Crippen LogP contribution in [-0.2, 0) is 19.9 Å². The van der Waals surface area contributed by atoms with Gasteiger partial charge in [0, 0.05) is 19.2 Å². The number of fused-ring (bicyclic) bond motifs is 1. The van der Waals surface area contributed by atoms with Crippen LogP contribution in [0.15, 0.2) is 66.0 Å². The van der Waals surface area contributed by atoms with E-state index in [1.165, 1.54) is 16.9 Å². The molecule has 4 nitrogen and oxygen atoms in total. The average Bonchev–Trinajstić information content (AvgIpc) is 3.29. The van der Waals surface area contributed by atoms with Gasteiger partial charge in [-0.3, -0.25) is 4.79 Å². The highest BCUT2D eigenvalue weighted by Crippen LogP contribution is 2.18. The maximum Gasteiger partial charge on any atom is 0.265 e. The van der Waals surface area contributed by atoms with E-state index in [9.17, 15) is 4.79 Å². The number of nitrogens with one attached hydrogen (secondary N) is 1. The third-order valence-corrected chi connectivity index (χ3v) is 5.32. The van der Waals surface area contributed by atoms with Crippen molar-refractivity contribution in [1.82, 2.24) is 9.55 Å². The fourth-order valence-corrected chi connectivity index (χ4v) is 3.70. The van der Waals surface area contributed by atoms with E-state index in [2.05, 4.69) is 29.1 Å². The summed E-state index contributed by atoms with van der Waals surface area (Å²) in [6.45, 7) is 0. The number of imidazole rings is 1. The van der Waals surface area contributed by atoms with Crippen molar-refractivity contribution in [1.29, 1.82) is 0 Å². The second-order valence-corrected chi connectivity index (χ2v) is 7.16. The lowest BCUT2D eigenvalue weighted by Gasteiger charge is -2.07. The first kappa shape index (κ1) is 16.5. The number of hydrogen-bond acceptors (Lipinski definition) is 3. The van der Waals surface area contributed by atoms with E-state index >= 15 is 0 Å². The SMILES string of the molecule is Cn1c(CCc2cccc(NC(=O)c3cccs3)c2)nc2ccccc21. The third-order valence-electron chi connectivity index (χ3n) is 4.45. The summed E-state index contributed by atoms with van der Waals surface area (Å²) in [5.74, 6) is 1.01. The number of hydrogen-bond donors (Lipinski definition) is 1. The van der Waals surface area contributed by atoms with Gasteiger partial charge < -0.3 is 9.88 Å². The summed E-state index contributed by atoms with van der Waals surface area (Å²) >= 11 is 1.44. The molecule has 4 rings (SSSR count). The lowest BCUT2D eigenvalue weighted by molar-refractivity contribution is 0.103. The van der Waals surface area contributed by atoms with E-state index in [1.54, 1.807) is 0 Å². The Hall–Kier alpha value is -2.92. The molecule has 0 saturated heterocycles. The molecule has 0 fully saturated rings. The van der Waals surface area contributed by atoms with E-state index < -0.39 is 0 Å². The second kappa shape index (κ2) is 7.14. The fraction of sp³-hybridized carbons (Fsp3) is 0.143. The van der Waals surface area contributed by atoms with E-state index in [0.717, 1.165) is 40.3 Å². The van der Waals surface area contributed by atoms with Crippen LogP contribution in [0.3, 0.4) is 0 Å². The molecule has 0 bridgehead atoms. The first-order valence-corrected chi connectivity index (χ1v) is 9.43. The normalized spacial score (nSPS) is 11.0. The molecule has 130 valence electrons. The molecule has 0 aliphatic carbocycles. The number of carbonyl (C=O) groups excluding carboxylic acids is 1. The van der Waals surface area contributed by atoms with Gasteiger partial charge in [0.1, 0.15) is 5.82 Å². The molecule has 0 radical (unpaired) electrons. The Bertz CT molecular complexity index is 1050. The Kier molecular flexibility index (Phi) is 4.54. The summed E-state index contributed by atoms with van der Waals surface area (Å²) in [5.41, 5.74) is 4.19. The monoisotopic (exact) mass is 361 g/mol. The molecule has 26 heavy (non-hydrogen) atoms. The number of para-hydroxylation sites is 2. The molecule has 0 atom stereocenters. The smallest absolute Gasteiger partial charge is 0.265 e. The molecule has 2 heterocycles. The number of thiophene rings is 1. The van der Waals surface area contributed by atoms with Gasteiger partial charge in [-0.25, -0.2) is 4.98 Å². The Labute approximate surface area is 156 Å². The molecule has 5 heteroatoms.